The van der Waals surface area contributed by atoms with E-state index in [1.807, 2.05) is 48.5 Å². The molecule has 0 aliphatic rings. The fourth-order valence-electron chi connectivity index (χ4n) is 3.89. The Bertz CT molecular complexity index is 1370. The number of ether oxygens (including phenoxy) is 2. The molecule has 9 nitrogen and oxygen atoms in total. The zero-order valence-corrected chi connectivity index (χ0v) is 20.8. The van der Waals surface area contributed by atoms with Crippen molar-refractivity contribution in [3.63, 3.8) is 0 Å². The molecule has 0 spiro atoms. The van der Waals surface area contributed by atoms with Crippen molar-refractivity contribution in [1.82, 2.24) is 20.3 Å². The number of esters is 1. The highest BCUT2D eigenvalue weighted by Crippen LogP contribution is 2.21. The minimum absolute atomic E-state index is 0.0179. The van der Waals surface area contributed by atoms with E-state index in [4.69, 9.17) is 15.2 Å². The van der Waals surface area contributed by atoms with Gasteiger partial charge in [0.1, 0.15) is 5.75 Å². The van der Waals surface area contributed by atoms with Crippen molar-refractivity contribution < 1.29 is 19.1 Å². The largest absolute Gasteiger partial charge is 0.497 e. The van der Waals surface area contributed by atoms with Gasteiger partial charge in [0, 0.05) is 24.3 Å². The van der Waals surface area contributed by atoms with Crippen molar-refractivity contribution in [3.05, 3.63) is 106 Å². The third-order valence-corrected chi connectivity index (χ3v) is 5.77. The molecule has 37 heavy (non-hydrogen) atoms. The van der Waals surface area contributed by atoms with Crippen LogP contribution < -0.4 is 15.8 Å². The average molecular weight is 500 g/mol. The maximum atomic E-state index is 13.4. The Labute approximate surface area is 215 Å². The summed E-state index contributed by atoms with van der Waals surface area (Å²) >= 11 is 0. The highest BCUT2D eigenvalue weighted by atomic mass is 16.5. The number of hydrogen-bond donors (Lipinski definition) is 2. The Morgan fingerprint density at radius 3 is 2.32 bits per heavy atom. The third kappa shape index (κ3) is 6.20. The highest BCUT2D eigenvalue weighted by Gasteiger charge is 2.28. The molecule has 3 aromatic carbocycles. The third-order valence-electron chi connectivity index (χ3n) is 5.77. The zero-order valence-electron chi connectivity index (χ0n) is 20.8. The van der Waals surface area contributed by atoms with Gasteiger partial charge in [-0.1, -0.05) is 53.7 Å². The summed E-state index contributed by atoms with van der Waals surface area (Å²) in [7, 11) is 1.59. The average Bonchev–Trinajstić information content (AvgIpc) is 3.33. The van der Waals surface area contributed by atoms with Gasteiger partial charge in [0.2, 0.25) is 5.78 Å². The number of hydrogen-bond acceptors (Lipinski definition) is 8. The molecule has 0 unspecified atom stereocenters. The van der Waals surface area contributed by atoms with Crippen LogP contribution in [-0.4, -0.2) is 40.5 Å². The van der Waals surface area contributed by atoms with E-state index < -0.39 is 11.8 Å². The van der Waals surface area contributed by atoms with Gasteiger partial charge in [-0.25, -0.2) is 9.48 Å². The molecule has 1 heterocycles. The molecule has 9 heteroatoms. The topological polar surface area (TPSA) is 121 Å². The van der Waals surface area contributed by atoms with Gasteiger partial charge in [0.05, 0.1) is 20.3 Å². The molecule has 0 amide bonds. The number of nitrogens with one attached hydrogen (secondary N) is 1. The predicted octanol–water partition coefficient (Wildman–Crippen LogP) is 3.61. The first-order chi connectivity index (χ1) is 18.0. The van der Waals surface area contributed by atoms with Gasteiger partial charge >= 0.3 is 5.97 Å². The second-order valence-corrected chi connectivity index (χ2v) is 8.35. The van der Waals surface area contributed by atoms with Gasteiger partial charge in [-0.2, -0.15) is 0 Å². The number of ketones is 1. The zero-order chi connectivity index (χ0) is 26.2. The molecule has 0 saturated carbocycles. The molecule has 3 N–H and O–H groups in total. The minimum Gasteiger partial charge on any atom is -0.497 e. The van der Waals surface area contributed by atoms with Crippen LogP contribution in [0.2, 0.25) is 0 Å². The lowest BCUT2D eigenvalue weighted by Gasteiger charge is -2.10. The van der Waals surface area contributed by atoms with Crippen molar-refractivity contribution in [2.24, 2.45) is 0 Å². The summed E-state index contributed by atoms with van der Waals surface area (Å²) < 4.78 is 11.8. The van der Waals surface area contributed by atoms with Crippen LogP contribution in [0.5, 0.6) is 5.75 Å². The number of anilines is 1. The standard InChI is InChI=1S/C28H29N5O4/c1-3-37-28(35)26-25(31-32-33(26)18-20-9-12-22(36-2)13-10-20)27(34)23-14-11-21(15-24(23)29)17-30-16-19-7-5-4-6-8-19/h4-15,30H,3,16-18,29H2,1-2H3. The Hall–Kier alpha value is -4.50. The summed E-state index contributed by atoms with van der Waals surface area (Å²) in [5.41, 5.74) is 9.62. The predicted molar refractivity (Wildman–Crippen MR) is 139 cm³/mol. The van der Waals surface area contributed by atoms with Crippen LogP contribution in [0, 0.1) is 0 Å². The molecule has 190 valence electrons. The molecular formula is C28H29N5O4. The Morgan fingerprint density at radius 1 is 0.946 bits per heavy atom. The SMILES string of the molecule is CCOC(=O)c1c(C(=O)c2ccc(CNCc3ccccc3)cc2N)nnn1Cc1ccc(OC)cc1. The normalized spacial score (nSPS) is 10.8. The van der Waals surface area contributed by atoms with Gasteiger partial charge in [0.15, 0.2) is 11.4 Å². The highest BCUT2D eigenvalue weighted by molar-refractivity contribution is 6.15. The van der Waals surface area contributed by atoms with E-state index in [0.29, 0.717) is 24.5 Å². The number of nitrogen functional groups attached to an aromatic ring is 1. The number of carbonyl (C=O) groups excluding carboxylic acids is 2. The van der Waals surface area contributed by atoms with E-state index in [0.717, 1.165) is 11.1 Å². The van der Waals surface area contributed by atoms with Crippen molar-refractivity contribution >= 4 is 17.4 Å². The van der Waals surface area contributed by atoms with Crippen molar-refractivity contribution in [2.75, 3.05) is 19.5 Å². The quantitative estimate of drug-likeness (QED) is 0.182. The van der Waals surface area contributed by atoms with Gasteiger partial charge in [0.25, 0.3) is 0 Å². The van der Waals surface area contributed by atoms with Gasteiger partial charge in [-0.05, 0) is 47.9 Å². The molecular weight excluding hydrogens is 470 g/mol. The maximum absolute atomic E-state index is 13.4. The second kappa shape index (κ2) is 12.0. The summed E-state index contributed by atoms with van der Waals surface area (Å²) in [4.78, 5) is 26.2. The Kier molecular flexibility index (Phi) is 8.27. The Morgan fingerprint density at radius 2 is 1.65 bits per heavy atom. The van der Waals surface area contributed by atoms with E-state index in [9.17, 15) is 9.59 Å². The van der Waals surface area contributed by atoms with Crippen molar-refractivity contribution in [3.8, 4) is 5.75 Å². The van der Waals surface area contributed by atoms with Crippen LogP contribution in [-0.2, 0) is 24.4 Å². The van der Waals surface area contributed by atoms with Crippen LogP contribution in [0.3, 0.4) is 0 Å². The number of aromatic nitrogens is 3. The molecule has 1 aromatic heterocycles. The molecule has 0 aliphatic carbocycles. The second-order valence-electron chi connectivity index (χ2n) is 8.35. The minimum atomic E-state index is -0.676. The first kappa shape index (κ1) is 25.6. The number of benzene rings is 3. The summed E-state index contributed by atoms with van der Waals surface area (Å²) in [5.74, 6) is -0.465. The first-order valence-electron chi connectivity index (χ1n) is 11.9. The smallest absolute Gasteiger partial charge is 0.359 e. The van der Waals surface area contributed by atoms with Crippen molar-refractivity contribution in [1.29, 1.82) is 0 Å². The number of nitrogens with two attached hydrogens (primary N) is 1. The fraction of sp³-hybridized carbons (Fsp3) is 0.214. The monoisotopic (exact) mass is 499 g/mol. The van der Waals surface area contributed by atoms with E-state index in [-0.39, 0.29) is 30.1 Å². The molecule has 0 bridgehead atoms. The van der Waals surface area contributed by atoms with Crippen LogP contribution in [0.4, 0.5) is 5.69 Å². The van der Waals surface area contributed by atoms with Gasteiger partial charge < -0.3 is 20.5 Å². The van der Waals surface area contributed by atoms with Crippen molar-refractivity contribution in [2.45, 2.75) is 26.6 Å². The molecule has 0 fully saturated rings. The molecule has 0 saturated heterocycles. The van der Waals surface area contributed by atoms with Crippen LogP contribution >= 0.6 is 0 Å². The van der Waals surface area contributed by atoms with Gasteiger partial charge in [-0.15, -0.1) is 5.10 Å². The molecule has 4 aromatic rings. The maximum Gasteiger partial charge on any atom is 0.359 e. The summed E-state index contributed by atoms with van der Waals surface area (Å²) in [6, 6.07) is 22.6. The molecule has 0 aliphatic heterocycles. The van der Waals surface area contributed by atoms with E-state index in [1.54, 1.807) is 38.3 Å². The number of rotatable bonds is 11. The molecule has 0 atom stereocenters. The summed E-state index contributed by atoms with van der Waals surface area (Å²) in [6.45, 7) is 3.35. The van der Waals surface area contributed by atoms with Crippen LogP contribution in [0.1, 0.15) is 50.2 Å². The lowest BCUT2D eigenvalue weighted by atomic mass is 10.0. The number of carbonyl (C=O) groups is 2. The van der Waals surface area contributed by atoms with E-state index >= 15 is 0 Å². The Balaban J connectivity index is 1.54. The summed E-state index contributed by atoms with van der Waals surface area (Å²) in [5, 5.41) is 11.5. The lowest BCUT2D eigenvalue weighted by molar-refractivity contribution is 0.0509. The van der Waals surface area contributed by atoms with Crippen LogP contribution in [0.15, 0.2) is 72.8 Å². The fourth-order valence-corrected chi connectivity index (χ4v) is 3.89. The van der Waals surface area contributed by atoms with Gasteiger partial charge in [-0.3, -0.25) is 4.79 Å². The van der Waals surface area contributed by atoms with Crippen LogP contribution in [0.25, 0.3) is 0 Å². The molecule has 4 rings (SSSR count). The summed E-state index contributed by atoms with van der Waals surface area (Å²) in [6.07, 6.45) is 0. The lowest BCUT2D eigenvalue weighted by Crippen LogP contribution is -2.18. The number of methoxy groups -OCH3 is 1. The molecule has 0 radical (unpaired) electrons. The first-order valence-corrected chi connectivity index (χ1v) is 11.9. The van der Waals surface area contributed by atoms with E-state index in [1.165, 1.54) is 10.2 Å². The van der Waals surface area contributed by atoms with E-state index in [2.05, 4.69) is 15.6 Å². The number of nitrogens with zero attached hydrogens (tertiary/aromatic N) is 3.